The van der Waals surface area contributed by atoms with Gasteiger partial charge in [0, 0.05) is 41.5 Å². The smallest absolute Gasteiger partial charge is 0.121 e. The third-order valence-corrected chi connectivity index (χ3v) is 16.3. The predicted octanol–water partition coefficient (Wildman–Crippen LogP) is 18.7. The van der Waals surface area contributed by atoms with Crippen LogP contribution in [-0.4, -0.2) is 22.6 Å². The molecule has 0 N–H and O–H groups in total. The zero-order valence-electron chi connectivity index (χ0n) is 46.9. The fourth-order valence-electron chi connectivity index (χ4n) is 10.1. The van der Waals surface area contributed by atoms with Crippen LogP contribution in [0.2, 0.25) is 19.6 Å². The maximum atomic E-state index is 7.84. The Bertz CT molecular complexity index is 4060. The minimum absolute atomic E-state index is 0. The Morgan fingerprint density at radius 2 is 1.14 bits per heavy atom. The summed E-state index contributed by atoms with van der Waals surface area (Å²) in [6.07, 6.45) is 1.94. The first-order chi connectivity index (χ1) is 37.6. The molecule has 1 radical (unpaired) electrons. The quantitative estimate of drug-likeness (QED) is 0.101. The van der Waals surface area contributed by atoms with E-state index in [0.717, 1.165) is 72.3 Å². The SMILES string of the molecule is CC(C)c1cc(-c2ccc(-c3ccccc3)cc2)cc(C(C)C)c1-n1c(-c2[c-]ccc3c2oc2cc(-c4ccccc4)ccc23)nc2ccccc21.[2H]C([2H])([2H])c1c[c-]c(-c2ccc([Si](C)(C)C)cn2)cc1-c1ccccc1.[Ir]. The van der Waals surface area contributed by atoms with E-state index < -0.39 is 14.9 Å². The Kier molecular flexibility index (Phi) is 13.8. The molecule has 3 heterocycles. The van der Waals surface area contributed by atoms with E-state index in [-0.39, 0.29) is 31.9 Å². The molecule has 0 aliphatic rings. The summed E-state index contributed by atoms with van der Waals surface area (Å²) in [6.45, 7) is 13.8. The van der Waals surface area contributed by atoms with Crippen LogP contribution >= 0.6 is 0 Å². The molecule has 0 saturated carbocycles. The average Bonchev–Trinajstić information content (AvgIpc) is 4.10. The summed E-state index contributed by atoms with van der Waals surface area (Å²) in [5.41, 5.74) is 18.9. The normalized spacial score (nSPS) is 12.3. The van der Waals surface area contributed by atoms with Gasteiger partial charge >= 0.3 is 0 Å². The fraction of sp³-hybridized carbons (Fsp3) is 0.143. The molecule has 0 amide bonds. The molecule has 12 rings (SSSR count). The number of aryl methyl sites for hydroxylation is 1. The fourth-order valence-corrected chi connectivity index (χ4v) is 11.1. The van der Waals surface area contributed by atoms with E-state index in [1.807, 2.05) is 60.8 Å². The molecule has 12 aromatic rings. The van der Waals surface area contributed by atoms with E-state index in [9.17, 15) is 0 Å². The van der Waals surface area contributed by atoms with E-state index in [0.29, 0.717) is 11.1 Å². The molecule has 76 heavy (non-hydrogen) atoms. The first-order valence-corrected chi connectivity index (χ1v) is 29.4. The van der Waals surface area contributed by atoms with Crippen LogP contribution in [0.25, 0.3) is 106 Å². The van der Waals surface area contributed by atoms with Gasteiger partial charge < -0.3 is 14.0 Å². The van der Waals surface area contributed by atoms with Gasteiger partial charge in [0.05, 0.1) is 30.5 Å². The Balaban J connectivity index is 0.000000220. The van der Waals surface area contributed by atoms with Crippen molar-refractivity contribution in [1.82, 2.24) is 14.5 Å². The van der Waals surface area contributed by atoms with Crippen molar-refractivity contribution in [2.45, 2.75) is 66.0 Å². The molecule has 0 aliphatic heterocycles. The van der Waals surface area contributed by atoms with E-state index >= 15 is 0 Å². The van der Waals surface area contributed by atoms with Gasteiger partial charge in [0.15, 0.2) is 0 Å². The summed E-state index contributed by atoms with van der Waals surface area (Å²) in [5.74, 6) is 1.35. The van der Waals surface area contributed by atoms with Gasteiger partial charge in [0.1, 0.15) is 5.58 Å². The number of hydrogen-bond acceptors (Lipinski definition) is 3. The van der Waals surface area contributed by atoms with Crippen molar-refractivity contribution in [2.24, 2.45) is 0 Å². The number of furan rings is 1. The first kappa shape index (κ1) is 47.9. The molecule has 0 saturated heterocycles. The number of benzene rings is 9. The standard InChI is InChI=1S/C49H39N2O.C21H22NSi.Ir/c1-31(2)42-28-38(36-24-22-35(23-25-36)33-14-7-5-8-15-33)29-43(32(3)4)47(42)51-45-21-12-11-20-44(45)50-49(51)41-19-13-18-40-39-27-26-37(30-46(39)52-48(40)41)34-16-9-6-10-17-34;1-16-10-11-18(14-20(16)17-8-6-5-7-9-17)21-13-12-19(15-22-21)23(2,3)4;/h5-18,20-32H,1-4H3;5-10,12-15H,1-4H3;/q2*-1;/i;1D3;. The molecule has 0 unspecified atom stereocenters. The van der Waals surface area contributed by atoms with Gasteiger partial charge in [-0.05, 0) is 103 Å². The molecular formula is C70H61IrN3OSi-2. The van der Waals surface area contributed by atoms with Gasteiger partial charge in [0.2, 0.25) is 0 Å². The zero-order valence-corrected chi connectivity index (χ0v) is 47.3. The van der Waals surface area contributed by atoms with Crippen LogP contribution in [-0.2, 0) is 20.1 Å². The van der Waals surface area contributed by atoms with Gasteiger partial charge in [-0.25, -0.2) is 0 Å². The topological polar surface area (TPSA) is 43.9 Å². The van der Waals surface area contributed by atoms with Crippen molar-refractivity contribution in [2.75, 3.05) is 0 Å². The van der Waals surface area contributed by atoms with Crippen molar-refractivity contribution in [3.63, 3.8) is 0 Å². The van der Waals surface area contributed by atoms with Crippen LogP contribution in [0.1, 0.15) is 60.3 Å². The molecule has 4 nitrogen and oxygen atoms in total. The second-order valence-corrected chi connectivity index (χ2v) is 26.1. The Hall–Kier alpha value is -7.73. The number of imidazole rings is 1. The van der Waals surface area contributed by atoms with E-state index in [4.69, 9.17) is 13.5 Å². The predicted molar refractivity (Wildman–Crippen MR) is 319 cm³/mol. The van der Waals surface area contributed by atoms with Crippen molar-refractivity contribution in [1.29, 1.82) is 0 Å². The number of hydrogen-bond donors (Lipinski definition) is 0. The molecule has 6 heteroatoms. The van der Waals surface area contributed by atoms with Gasteiger partial charge in [-0.15, -0.1) is 47.5 Å². The van der Waals surface area contributed by atoms with E-state index in [1.54, 1.807) is 6.07 Å². The van der Waals surface area contributed by atoms with E-state index in [2.05, 4.69) is 215 Å². The Labute approximate surface area is 466 Å². The van der Waals surface area contributed by atoms with Crippen LogP contribution in [0.15, 0.2) is 217 Å². The van der Waals surface area contributed by atoms with Crippen LogP contribution in [0.5, 0.6) is 0 Å². The summed E-state index contributed by atoms with van der Waals surface area (Å²) in [4.78, 5) is 9.94. The second-order valence-electron chi connectivity index (χ2n) is 21.0. The number of pyridine rings is 1. The molecule has 0 atom stereocenters. The number of para-hydroxylation sites is 2. The average molecular weight is 1180 g/mol. The van der Waals surface area contributed by atoms with Gasteiger partial charge in [-0.2, -0.15) is 0 Å². The molecule has 0 bridgehead atoms. The number of fused-ring (bicyclic) bond motifs is 4. The molecule has 0 fully saturated rings. The van der Waals surface area contributed by atoms with Crippen LogP contribution in [0.3, 0.4) is 0 Å². The van der Waals surface area contributed by atoms with Crippen molar-refractivity contribution in [3.05, 3.63) is 241 Å². The minimum atomic E-state index is -2.19. The number of rotatable bonds is 10. The minimum Gasteiger partial charge on any atom is -0.501 e. The molecule has 9 aromatic carbocycles. The maximum Gasteiger partial charge on any atom is 0.121 e. The summed E-state index contributed by atoms with van der Waals surface area (Å²) < 4.78 is 32.7. The Morgan fingerprint density at radius 1 is 0.566 bits per heavy atom. The maximum absolute atomic E-state index is 7.84. The van der Waals surface area contributed by atoms with Crippen molar-refractivity contribution >= 4 is 46.2 Å². The number of nitrogens with zero attached hydrogens (tertiary/aromatic N) is 3. The summed E-state index contributed by atoms with van der Waals surface area (Å²) >= 11 is 0. The van der Waals surface area contributed by atoms with Gasteiger partial charge in [0.25, 0.3) is 0 Å². The summed E-state index contributed by atoms with van der Waals surface area (Å²) in [5, 5.41) is 3.44. The zero-order chi connectivity index (χ0) is 54.3. The van der Waals surface area contributed by atoms with Crippen molar-refractivity contribution in [3.8, 4) is 72.8 Å². The molecule has 0 spiro atoms. The van der Waals surface area contributed by atoms with Gasteiger partial charge in [-0.3, -0.25) is 4.98 Å². The number of aromatic nitrogens is 3. The second kappa shape index (κ2) is 21.9. The first-order valence-electron chi connectivity index (χ1n) is 27.4. The largest absolute Gasteiger partial charge is 0.501 e. The molecule has 0 aliphatic carbocycles. The van der Waals surface area contributed by atoms with Crippen LogP contribution < -0.4 is 5.19 Å². The van der Waals surface area contributed by atoms with Crippen molar-refractivity contribution < 1.29 is 28.6 Å². The third kappa shape index (κ3) is 10.3. The van der Waals surface area contributed by atoms with Crippen LogP contribution in [0.4, 0.5) is 0 Å². The summed E-state index contributed by atoms with van der Waals surface area (Å²) in [7, 11) is -1.40. The summed E-state index contributed by atoms with van der Waals surface area (Å²) in [6, 6.07) is 77.7. The Morgan fingerprint density at radius 3 is 1.75 bits per heavy atom. The molecule has 3 aromatic heterocycles. The van der Waals surface area contributed by atoms with Gasteiger partial charge in [-0.1, -0.05) is 222 Å². The third-order valence-electron chi connectivity index (χ3n) is 14.2. The monoisotopic (exact) mass is 1180 g/mol. The molecule has 377 valence electrons. The van der Waals surface area contributed by atoms with Crippen LogP contribution in [0, 0.1) is 19.0 Å². The van der Waals surface area contributed by atoms with E-state index in [1.165, 1.54) is 44.3 Å². The molecular weight excluding hydrogens is 1120 g/mol.